The van der Waals surface area contributed by atoms with Gasteiger partial charge in [0.25, 0.3) is 0 Å². The average molecular weight is 369 g/mol. The molecule has 0 saturated carbocycles. The van der Waals surface area contributed by atoms with E-state index in [4.69, 9.17) is 0 Å². The van der Waals surface area contributed by atoms with Gasteiger partial charge in [-0.25, -0.2) is 15.0 Å². The lowest BCUT2D eigenvalue weighted by molar-refractivity contribution is 0.282. The van der Waals surface area contributed by atoms with Crippen molar-refractivity contribution < 1.29 is 5.11 Å². The maximum Gasteiger partial charge on any atom is 0.223 e. The zero-order valence-corrected chi connectivity index (χ0v) is 16.0. The Labute approximate surface area is 157 Å². The molecule has 7 heteroatoms. The van der Waals surface area contributed by atoms with Gasteiger partial charge in [0.15, 0.2) is 5.13 Å². The molecule has 3 rings (SSSR count). The first-order valence-electron chi connectivity index (χ1n) is 8.65. The Balaban J connectivity index is 2.05. The van der Waals surface area contributed by atoms with Gasteiger partial charge in [-0.3, -0.25) is 0 Å². The Hall–Kier alpha value is -2.51. The third kappa shape index (κ3) is 4.17. The maximum absolute atomic E-state index is 9.65. The van der Waals surface area contributed by atoms with Crippen LogP contribution in [0.5, 0.6) is 0 Å². The molecule has 0 fully saturated rings. The first-order valence-corrected chi connectivity index (χ1v) is 9.47. The van der Waals surface area contributed by atoms with Crippen molar-refractivity contribution in [3.05, 3.63) is 42.1 Å². The number of hydrogen-bond donors (Lipinski definition) is 3. The zero-order valence-electron chi connectivity index (χ0n) is 15.2. The molecule has 1 aromatic carbocycles. The largest absolute Gasteiger partial charge is 0.392 e. The van der Waals surface area contributed by atoms with E-state index in [1.165, 1.54) is 0 Å². The van der Waals surface area contributed by atoms with E-state index >= 15 is 0 Å². The highest BCUT2D eigenvalue weighted by Crippen LogP contribution is 2.32. The van der Waals surface area contributed by atoms with E-state index < -0.39 is 0 Å². The van der Waals surface area contributed by atoms with Gasteiger partial charge in [0.2, 0.25) is 5.95 Å². The Morgan fingerprint density at radius 3 is 2.65 bits per heavy atom. The molecule has 0 aliphatic heterocycles. The quantitative estimate of drug-likeness (QED) is 0.584. The van der Waals surface area contributed by atoms with Crippen LogP contribution in [0.3, 0.4) is 0 Å². The molecule has 2 aromatic heterocycles. The standard InChI is InChI=1S/C19H23N5OS/c1-4-20-18-23-15(14-8-6-5-7-13(14)11-25)9-16(24-18)17-10-21-19(26-17)22-12(2)3/h5-10,12,25H,4,11H2,1-3H3,(H,21,22)(H,20,23,24). The maximum atomic E-state index is 9.65. The lowest BCUT2D eigenvalue weighted by Gasteiger charge is -2.10. The topological polar surface area (TPSA) is 83.0 Å². The van der Waals surface area contributed by atoms with Crippen LogP contribution in [0.1, 0.15) is 26.3 Å². The highest BCUT2D eigenvalue weighted by molar-refractivity contribution is 7.18. The van der Waals surface area contributed by atoms with Gasteiger partial charge in [-0.1, -0.05) is 35.6 Å². The van der Waals surface area contributed by atoms with Gasteiger partial charge >= 0.3 is 0 Å². The SMILES string of the molecule is CCNc1nc(-c2cnc(NC(C)C)s2)cc(-c2ccccc2CO)n1. The number of aromatic nitrogens is 3. The molecule has 2 heterocycles. The summed E-state index contributed by atoms with van der Waals surface area (Å²) in [7, 11) is 0. The summed E-state index contributed by atoms with van der Waals surface area (Å²) in [6.45, 7) is 6.87. The monoisotopic (exact) mass is 369 g/mol. The summed E-state index contributed by atoms with van der Waals surface area (Å²) in [6, 6.07) is 9.99. The Bertz CT molecular complexity index is 878. The van der Waals surface area contributed by atoms with E-state index in [-0.39, 0.29) is 6.61 Å². The fraction of sp³-hybridized carbons (Fsp3) is 0.316. The molecule has 6 nitrogen and oxygen atoms in total. The summed E-state index contributed by atoms with van der Waals surface area (Å²) in [5.74, 6) is 0.569. The van der Waals surface area contributed by atoms with Gasteiger partial charge in [-0.05, 0) is 32.4 Å². The molecule has 0 atom stereocenters. The second-order valence-electron chi connectivity index (χ2n) is 6.14. The number of nitrogens with one attached hydrogen (secondary N) is 2. The van der Waals surface area contributed by atoms with Gasteiger partial charge < -0.3 is 15.7 Å². The molecule has 3 N–H and O–H groups in total. The van der Waals surface area contributed by atoms with Crippen molar-refractivity contribution in [2.75, 3.05) is 17.2 Å². The van der Waals surface area contributed by atoms with Crippen molar-refractivity contribution in [2.24, 2.45) is 0 Å². The zero-order chi connectivity index (χ0) is 18.5. The number of aliphatic hydroxyl groups is 1. The molecule has 0 aliphatic rings. The third-order valence-corrected chi connectivity index (χ3v) is 4.65. The van der Waals surface area contributed by atoms with Crippen LogP contribution in [-0.2, 0) is 6.61 Å². The van der Waals surface area contributed by atoms with E-state index in [9.17, 15) is 5.11 Å². The lowest BCUT2D eigenvalue weighted by Crippen LogP contribution is -2.08. The van der Waals surface area contributed by atoms with Crippen LogP contribution in [0.4, 0.5) is 11.1 Å². The highest BCUT2D eigenvalue weighted by Gasteiger charge is 2.13. The van der Waals surface area contributed by atoms with Crippen LogP contribution >= 0.6 is 11.3 Å². The fourth-order valence-corrected chi connectivity index (χ4v) is 3.49. The molecule has 0 saturated heterocycles. The molecule has 0 aliphatic carbocycles. The van der Waals surface area contributed by atoms with Gasteiger partial charge in [0, 0.05) is 24.3 Å². The van der Waals surface area contributed by atoms with Crippen molar-refractivity contribution in [2.45, 2.75) is 33.4 Å². The molecule has 26 heavy (non-hydrogen) atoms. The first-order chi connectivity index (χ1) is 12.6. The lowest BCUT2D eigenvalue weighted by atomic mass is 10.0. The summed E-state index contributed by atoms with van der Waals surface area (Å²) in [5, 5.41) is 17.0. The summed E-state index contributed by atoms with van der Waals surface area (Å²) in [5.41, 5.74) is 3.34. The van der Waals surface area contributed by atoms with Crippen LogP contribution in [0, 0.1) is 0 Å². The van der Waals surface area contributed by atoms with Crippen molar-refractivity contribution in [3.8, 4) is 21.8 Å². The minimum Gasteiger partial charge on any atom is -0.392 e. The van der Waals surface area contributed by atoms with Gasteiger partial charge in [0.1, 0.15) is 0 Å². The second-order valence-corrected chi connectivity index (χ2v) is 7.17. The van der Waals surface area contributed by atoms with Crippen LogP contribution in [0.15, 0.2) is 36.5 Å². The van der Waals surface area contributed by atoms with E-state index in [1.807, 2.05) is 43.5 Å². The normalized spacial score (nSPS) is 11.0. The van der Waals surface area contributed by atoms with Crippen molar-refractivity contribution >= 4 is 22.4 Å². The Morgan fingerprint density at radius 2 is 1.92 bits per heavy atom. The van der Waals surface area contributed by atoms with Crippen molar-refractivity contribution in [1.29, 1.82) is 0 Å². The number of aliphatic hydroxyl groups excluding tert-OH is 1. The highest BCUT2D eigenvalue weighted by atomic mass is 32.1. The molecule has 0 unspecified atom stereocenters. The smallest absolute Gasteiger partial charge is 0.223 e. The molecular weight excluding hydrogens is 346 g/mol. The summed E-state index contributed by atoms with van der Waals surface area (Å²) < 4.78 is 0. The van der Waals surface area contributed by atoms with Gasteiger partial charge in [0.05, 0.1) is 22.9 Å². The molecular formula is C19H23N5OS. The van der Waals surface area contributed by atoms with Crippen molar-refractivity contribution in [3.63, 3.8) is 0 Å². The number of anilines is 2. The average Bonchev–Trinajstić information content (AvgIpc) is 3.09. The predicted octanol–water partition coefficient (Wildman–Crippen LogP) is 4.01. The minimum atomic E-state index is -0.0327. The van der Waals surface area contributed by atoms with Gasteiger partial charge in [-0.15, -0.1) is 0 Å². The van der Waals surface area contributed by atoms with Crippen LogP contribution in [0.2, 0.25) is 0 Å². The first kappa shape index (κ1) is 18.3. The van der Waals surface area contributed by atoms with E-state index in [0.717, 1.165) is 39.1 Å². The Kier molecular flexibility index (Phi) is 5.80. The second kappa shape index (κ2) is 8.25. The van der Waals surface area contributed by atoms with Crippen LogP contribution in [-0.4, -0.2) is 32.6 Å². The Morgan fingerprint density at radius 1 is 1.15 bits per heavy atom. The fourth-order valence-electron chi connectivity index (χ4n) is 2.56. The summed E-state index contributed by atoms with van der Waals surface area (Å²) in [6.07, 6.45) is 1.83. The predicted molar refractivity (Wildman–Crippen MR) is 107 cm³/mol. The minimum absolute atomic E-state index is 0.0327. The van der Waals surface area contributed by atoms with Crippen LogP contribution < -0.4 is 10.6 Å². The molecule has 0 spiro atoms. The summed E-state index contributed by atoms with van der Waals surface area (Å²) in [4.78, 5) is 14.6. The molecule has 0 amide bonds. The summed E-state index contributed by atoms with van der Waals surface area (Å²) >= 11 is 1.57. The number of thiazole rings is 1. The molecule has 0 bridgehead atoms. The third-order valence-electron chi connectivity index (χ3n) is 3.69. The van der Waals surface area contributed by atoms with Crippen molar-refractivity contribution in [1.82, 2.24) is 15.0 Å². The number of benzene rings is 1. The number of hydrogen-bond acceptors (Lipinski definition) is 7. The van der Waals surface area contributed by atoms with Crippen LogP contribution in [0.25, 0.3) is 21.8 Å². The number of nitrogens with zero attached hydrogens (tertiary/aromatic N) is 3. The van der Waals surface area contributed by atoms with E-state index in [0.29, 0.717) is 12.0 Å². The molecule has 0 radical (unpaired) electrons. The molecule has 3 aromatic rings. The van der Waals surface area contributed by atoms with Gasteiger partial charge in [-0.2, -0.15) is 0 Å². The van der Waals surface area contributed by atoms with E-state index in [1.54, 1.807) is 11.3 Å². The number of rotatable bonds is 7. The van der Waals surface area contributed by atoms with E-state index in [2.05, 4.69) is 39.4 Å². The molecule has 136 valence electrons.